The summed E-state index contributed by atoms with van der Waals surface area (Å²) in [6, 6.07) is 7.23. The number of fused-ring (bicyclic) bond motifs is 3. The van der Waals surface area contributed by atoms with Crippen LogP contribution in [0, 0.1) is 11.3 Å². The van der Waals surface area contributed by atoms with E-state index in [0.717, 1.165) is 23.7 Å². The number of nitrogens with zero attached hydrogens (tertiary/aromatic N) is 1. The number of benzene rings is 1. The zero-order chi connectivity index (χ0) is 13.4. The van der Waals surface area contributed by atoms with Crippen molar-refractivity contribution in [3.8, 4) is 6.07 Å². The summed E-state index contributed by atoms with van der Waals surface area (Å²) in [5.74, 6) is 0. The van der Waals surface area contributed by atoms with Gasteiger partial charge in [0.25, 0.3) is 0 Å². The van der Waals surface area contributed by atoms with Crippen molar-refractivity contribution >= 4 is 10.9 Å². The fourth-order valence-corrected chi connectivity index (χ4v) is 2.86. The maximum atomic E-state index is 9.91. The Kier molecular flexibility index (Phi) is 3.02. The zero-order valence-electron chi connectivity index (χ0n) is 10.6. The van der Waals surface area contributed by atoms with E-state index in [1.165, 1.54) is 24.1 Å². The number of H-pyrrole nitrogens is 1. The largest absolute Gasteiger partial charge is 0.385 e. The van der Waals surface area contributed by atoms with E-state index in [9.17, 15) is 10.2 Å². The Balaban J connectivity index is 2.08. The fraction of sp³-hybridized carbons (Fsp3) is 0.400. The van der Waals surface area contributed by atoms with E-state index < -0.39 is 12.2 Å². The Morgan fingerprint density at radius 1 is 1.21 bits per heavy atom. The molecule has 0 saturated heterocycles. The van der Waals surface area contributed by atoms with Crippen LogP contribution in [0.15, 0.2) is 18.2 Å². The van der Waals surface area contributed by atoms with E-state index in [2.05, 4.69) is 4.98 Å². The average molecular weight is 256 g/mol. The molecule has 0 saturated carbocycles. The molecule has 0 radical (unpaired) electrons. The first-order valence-corrected chi connectivity index (χ1v) is 6.60. The third-order valence-corrected chi connectivity index (χ3v) is 3.89. The van der Waals surface area contributed by atoms with Crippen LogP contribution in [0.4, 0.5) is 0 Å². The molecule has 1 aromatic heterocycles. The van der Waals surface area contributed by atoms with Crippen molar-refractivity contribution < 1.29 is 10.2 Å². The smallest absolute Gasteiger partial charge is 0.170 e. The Labute approximate surface area is 111 Å². The first kappa shape index (κ1) is 12.2. The molecule has 0 spiro atoms. The molecule has 0 amide bonds. The minimum Gasteiger partial charge on any atom is -0.385 e. The SMILES string of the molecule is N#CC(O)C(O)c1ccc2[nH]c3c(c2c1)CCCC3. The maximum absolute atomic E-state index is 9.91. The molecule has 1 aliphatic rings. The number of aromatic nitrogens is 1. The summed E-state index contributed by atoms with van der Waals surface area (Å²) in [6.07, 6.45) is 1.99. The van der Waals surface area contributed by atoms with Gasteiger partial charge in [0.2, 0.25) is 0 Å². The van der Waals surface area contributed by atoms with Crippen LogP contribution in [-0.2, 0) is 12.8 Å². The van der Waals surface area contributed by atoms with Gasteiger partial charge in [-0.05, 0) is 48.9 Å². The quantitative estimate of drug-likeness (QED) is 0.718. The third-order valence-electron chi connectivity index (χ3n) is 3.89. The second-order valence-corrected chi connectivity index (χ2v) is 5.11. The molecule has 2 atom stereocenters. The van der Waals surface area contributed by atoms with Crippen LogP contribution >= 0.6 is 0 Å². The molecule has 1 aromatic carbocycles. The van der Waals surface area contributed by atoms with Gasteiger partial charge in [-0.3, -0.25) is 0 Å². The van der Waals surface area contributed by atoms with E-state index >= 15 is 0 Å². The van der Waals surface area contributed by atoms with Crippen molar-refractivity contribution in [3.05, 3.63) is 35.0 Å². The van der Waals surface area contributed by atoms with E-state index in [4.69, 9.17) is 5.26 Å². The molecule has 1 aliphatic carbocycles. The minimum absolute atomic E-state index is 0.592. The lowest BCUT2D eigenvalue weighted by Crippen LogP contribution is -2.15. The lowest BCUT2D eigenvalue weighted by molar-refractivity contribution is 0.0529. The number of hydrogen-bond acceptors (Lipinski definition) is 3. The molecule has 19 heavy (non-hydrogen) atoms. The molecule has 0 fully saturated rings. The molecule has 98 valence electrons. The monoisotopic (exact) mass is 256 g/mol. The highest BCUT2D eigenvalue weighted by atomic mass is 16.3. The van der Waals surface area contributed by atoms with Gasteiger partial charge in [-0.15, -0.1) is 0 Å². The molecule has 4 heteroatoms. The Morgan fingerprint density at radius 2 is 2.00 bits per heavy atom. The number of aromatic amines is 1. The van der Waals surface area contributed by atoms with Crippen molar-refractivity contribution in [3.63, 3.8) is 0 Å². The van der Waals surface area contributed by atoms with Crippen molar-refractivity contribution in [2.75, 3.05) is 0 Å². The van der Waals surface area contributed by atoms with Gasteiger partial charge >= 0.3 is 0 Å². The summed E-state index contributed by atoms with van der Waals surface area (Å²) in [6.45, 7) is 0. The van der Waals surface area contributed by atoms with Crippen LogP contribution in [0.5, 0.6) is 0 Å². The number of nitrogens with one attached hydrogen (secondary N) is 1. The third kappa shape index (κ3) is 2.01. The summed E-state index contributed by atoms with van der Waals surface area (Å²) in [4.78, 5) is 3.42. The average Bonchev–Trinajstić information content (AvgIpc) is 2.83. The van der Waals surface area contributed by atoms with Gasteiger partial charge in [-0.2, -0.15) is 5.26 Å². The molecule has 0 bridgehead atoms. The summed E-state index contributed by atoms with van der Waals surface area (Å²) in [5.41, 5.74) is 4.26. The Morgan fingerprint density at radius 3 is 2.79 bits per heavy atom. The maximum Gasteiger partial charge on any atom is 0.170 e. The number of nitriles is 1. The summed E-state index contributed by atoms with van der Waals surface area (Å²) in [7, 11) is 0. The van der Waals surface area contributed by atoms with E-state index in [0.29, 0.717) is 5.56 Å². The van der Waals surface area contributed by atoms with Crippen LogP contribution in [0.25, 0.3) is 10.9 Å². The summed E-state index contributed by atoms with van der Waals surface area (Å²) < 4.78 is 0. The molecule has 0 aliphatic heterocycles. The van der Waals surface area contributed by atoms with Crippen molar-refractivity contribution in [1.29, 1.82) is 5.26 Å². The van der Waals surface area contributed by atoms with Gasteiger partial charge in [0, 0.05) is 16.6 Å². The van der Waals surface area contributed by atoms with Gasteiger partial charge in [0.05, 0.1) is 6.07 Å². The van der Waals surface area contributed by atoms with Gasteiger partial charge in [-0.1, -0.05) is 6.07 Å². The fourth-order valence-electron chi connectivity index (χ4n) is 2.86. The Hall–Kier alpha value is -1.83. The lowest BCUT2D eigenvalue weighted by atomic mass is 9.94. The van der Waals surface area contributed by atoms with Crippen molar-refractivity contribution in [2.45, 2.75) is 37.9 Å². The second kappa shape index (κ2) is 4.69. The van der Waals surface area contributed by atoms with Gasteiger partial charge in [0.1, 0.15) is 6.10 Å². The van der Waals surface area contributed by atoms with Crippen LogP contribution in [-0.4, -0.2) is 21.3 Å². The molecular formula is C15H16N2O2. The summed E-state index contributed by atoms with van der Waals surface area (Å²) in [5, 5.41) is 29.1. The predicted molar refractivity (Wildman–Crippen MR) is 71.5 cm³/mol. The molecule has 2 unspecified atom stereocenters. The zero-order valence-corrected chi connectivity index (χ0v) is 10.6. The van der Waals surface area contributed by atoms with Crippen molar-refractivity contribution in [1.82, 2.24) is 4.98 Å². The van der Waals surface area contributed by atoms with E-state index in [1.807, 2.05) is 12.1 Å². The summed E-state index contributed by atoms with van der Waals surface area (Å²) >= 11 is 0. The van der Waals surface area contributed by atoms with Gasteiger partial charge in [-0.25, -0.2) is 0 Å². The van der Waals surface area contributed by atoms with Crippen LogP contribution < -0.4 is 0 Å². The number of hydrogen-bond donors (Lipinski definition) is 3. The van der Waals surface area contributed by atoms with Crippen LogP contribution in [0.1, 0.15) is 35.8 Å². The standard InChI is InChI=1S/C15H16N2O2/c16-8-14(18)15(19)9-5-6-13-11(7-9)10-3-1-2-4-12(10)17-13/h5-7,14-15,17-19H,1-4H2. The number of aliphatic hydroxyl groups excluding tert-OH is 2. The first-order chi connectivity index (χ1) is 9.20. The number of aliphatic hydroxyl groups is 2. The topological polar surface area (TPSA) is 80.0 Å². The second-order valence-electron chi connectivity index (χ2n) is 5.11. The van der Waals surface area contributed by atoms with Gasteiger partial charge < -0.3 is 15.2 Å². The Bertz CT molecular complexity index is 654. The highest BCUT2D eigenvalue weighted by molar-refractivity contribution is 5.85. The van der Waals surface area contributed by atoms with Crippen LogP contribution in [0.3, 0.4) is 0 Å². The van der Waals surface area contributed by atoms with E-state index in [-0.39, 0.29) is 0 Å². The molecule has 3 rings (SSSR count). The predicted octanol–water partition coefficient (Wildman–Crippen LogP) is 1.96. The van der Waals surface area contributed by atoms with Crippen molar-refractivity contribution in [2.24, 2.45) is 0 Å². The number of rotatable bonds is 2. The highest BCUT2D eigenvalue weighted by Crippen LogP contribution is 2.31. The normalized spacial score (nSPS) is 17.7. The molecule has 3 N–H and O–H groups in total. The first-order valence-electron chi connectivity index (χ1n) is 6.60. The number of aryl methyl sites for hydroxylation is 2. The molecular weight excluding hydrogens is 240 g/mol. The van der Waals surface area contributed by atoms with Gasteiger partial charge in [0.15, 0.2) is 6.10 Å². The molecule has 2 aromatic rings. The van der Waals surface area contributed by atoms with Crippen LogP contribution in [0.2, 0.25) is 0 Å². The molecule has 1 heterocycles. The highest BCUT2D eigenvalue weighted by Gasteiger charge is 2.20. The molecule has 4 nitrogen and oxygen atoms in total. The minimum atomic E-state index is -1.38. The lowest BCUT2D eigenvalue weighted by Gasteiger charge is -2.13. The van der Waals surface area contributed by atoms with E-state index in [1.54, 1.807) is 12.1 Å².